The van der Waals surface area contributed by atoms with E-state index in [1.54, 1.807) is 11.8 Å². The number of halogens is 2. The molecule has 1 aromatic rings. The van der Waals surface area contributed by atoms with Crippen LogP contribution in [-0.2, 0) is 11.2 Å². The summed E-state index contributed by atoms with van der Waals surface area (Å²) in [4.78, 5) is 13.9. The molecule has 0 radical (unpaired) electrons. The number of aliphatic hydroxyl groups excluding tert-OH is 1. The molecule has 2 atom stereocenters. The van der Waals surface area contributed by atoms with Crippen molar-refractivity contribution in [1.29, 1.82) is 0 Å². The second kappa shape index (κ2) is 8.94. The third-order valence-electron chi connectivity index (χ3n) is 3.94. The van der Waals surface area contributed by atoms with E-state index in [0.717, 1.165) is 6.07 Å². The van der Waals surface area contributed by atoms with Gasteiger partial charge in [0.05, 0.1) is 25.4 Å². The molecule has 0 spiro atoms. The predicted molar refractivity (Wildman–Crippen MR) is 85.7 cm³/mol. The van der Waals surface area contributed by atoms with Crippen molar-refractivity contribution in [2.24, 2.45) is 0 Å². The number of hydrogen-bond donors (Lipinski definition) is 2. The van der Waals surface area contributed by atoms with Gasteiger partial charge in [0, 0.05) is 19.2 Å². The predicted octanol–water partition coefficient (Wildman–Crippen LogP) is 2.08. The second-order valence-electron chi connectivity index (χ2n) is 6.12. The topological polar surface area (TPSA) is 61.8 Å². The van der Waals surface area contributed by atoms with Crippen molar-refractivity contribution < 1.29 is 23.4 Å². The maximum Gasteiger partial charge on any atom is 0.317 e. The van der Waals surface area contributed by atoms with Gasteiger partial charge in [0.25, 0.3) is 0 Å². The number of carbonyl (C=O) groups excluding carboxylic acids is 1. The lowest BCUT2D eigenvalue weighted by molar-refractivity contribution is -0.00428. The van der Waals surface area contributed by atoms with Crippen molar-refractivity contribution in [2.75, 3.05) is 26.3 Å². The lowest BCUT2D eigenvalue weighted by Crippen LogP contribution is -2.53. The van der Waals surface area contributed by atoms with Crippen LogP contribution in [0.4, 0.5) is 13.6 Å². The first kappa shape index (κ1) is 18.6. The monoisotopic (exact) mass is 342 g/mol. The summed E-state index contributed by atoms with van der Waals surface area (Å²) in [6.45, 7) is 3.48. The second-order valence-corrected chi connectivity index (χ2v) is 6.12. The largest absolute Gasteiger partial charge is 0.393 e. The number of amides is 2. The molecule has 7 heteroatoms. The van der Waals surface area contributed by atoms with Gasteiger partial charge in [-0.25, -0.2) is 13.6 Å². The summed E-state index contributed by atoms with van der Waals surface area (Å²) in [5, 5.41) is 12.3. The number of rotatable bonds is 6. The van der Waals surface area contributed by atoms with Gasteiger partial charge >= 0.3 is 6.03 Å². The van der Waals surface area contributed by atoms with Gasteiger partial charge in [-0.3, -0.25) is 0 Å². The molecule has 1 aliphatic rings. The van der Waals surface area contributed by atoms with Crippen LogP contribution in [-0.4, -0.2) is 54.5 Å². The molecule has 1 aliphatic heterocycles. The number of morpholine rings is 1. The number of aryl methyl sites for hydroxylation is 1. The van der Waals surface area contributed by atoms with Crippen LogP contribution in [0.2, 0.25) is 0 Å². The molecule has 0 aliphatic carbocycles. The quantitative estimate of drug-likeness (QED) is 0.778. The molecule has 0 bridgehead atoms. The van der Waals surface area contributed by atoms with Gasteiger partial charge in [0.1, 0.15) is 11.6 Å². The maximum atomic E-state index is 13.1. The molecule has 2 amide bonds. The lowest BCUT2D eigenvalue weighted by atomic mass is 10.1. The number of hydrogen-bond acceptors (Lipinski definition) is 3. The van der Waals surface area contributed by atoms with E-state index in [-0.39, 0.29) is 12.1 Å². The molecule has 5 nitrogen and oxygen atoms in total. The van der Waals surface area contributed by atoms with Crippen molar-refractivity contribution in [1.82, 2.24) is 10.2 Å². The zero-order valence-corrected chi connectivity index (χ0v) is 13.8. The Balaban J connectivity index is 1.77. The van der Waals surface area contributed by atoms with Crippen molar-refractivity contribution in [3.63, 3.8) is 0 Å². The molecule has 1 heterocycles. The molecule has 2 N–H and O–H groups in total. The summed E-state index contributed by atoms with van der Waals surface area (Å²) in [6, 6.07) is 3.09. The minimum atomic E-state index is -0.594. The first-order chi connectivity index (χ1) is 11.5. The molecular weight excluding hydrogens is 318 g/mol. The average Bonchev–Trinajstić information content (AvgIpc) is 2.50. The molecule has 1 fully saturated rings. The van der Waals surface area contributed by atoms with Gasteiger partial charge in [-0.05, 0) is 43.9 Å². The first-order valence-corrected chi connectivity index (χ1v) is 8.21. The normalized spacial score (nSPS) is 19.2. The third kappa shape index (κ3) is 5.72. The van der Waals surface area contributed by atoms with Gasteiger partial charge in [-0.15, -0.1) is 0 Å². The minimum Gasteiger partial charge on any atom is -0.393 e. The first-order valence-electron chi connectivity index (χ1n) is 8.21. The lowest BCUT2D eigenvalue weighted by Gasteiger charge is -2.36. The number of nitrogens with zero attached hydrogens (tertiary/aromatic N) is 1. The summed E-state index contributed by atoms with van der Waals surface area (Å²) >= 11 is 0. The standard InChI is InChI=1S/C17H24F2N2O3/c1-12(22)7-16-11-24-6-5-21(16)17(23)20-4-2-3-13-8-14(18)10-15(19)9-13/h8-10,12,16,22H,2-7,11H2,1H3,(H,20,23)/t12-,16+/m1/s1. The molecule has 0 aromatic heterocycles. The molecule has 1 saturated heterocycles. The van der Waals surface area contributed by atoms with Crippen LogP contribution >= 0.6 is 0 Å². The fourth-order valence-corrected chi connectivity index (χ4v) is 2.86. The number of benzene rings is 1. The van der Waals surface area contributed by atoms with Crippen molar-refractivity contribution >= 4 is 6.03 Å². The maximum absolute atomic E-state index is 13.1. The van der Waals surface area contributed by atoms with Gasteiger partial charge in [-0.2, -0.15) is 0 Å². The number of ether oxygens (including phenoxy) is 1. The summed E-state index contributed by atoms with van der Waals surface area (Å²) in [5.74, 6) is -1.19. The van der Waals surface area contributed by atoms with Crippen molar-refractivity contribution in [3.8, 4) is 0 Å². The Labute approximate surface area is 140 Å². The highest BCUT2D eigenvalue weighted by Gasteiger charge is 2.27. The average molecular weight is 342 g/mol. The fourth-order valence-electron chi connectivity index (χ4n) is 2.86. The number of urea groups is 1. The summed E-state index contributed by atoms with van der Waals surface area (Å²) < 4.78 is 31.6. The Morgan fingerprint density at radius 1 is 1.42 bits per heavy atom. The Kier molecular flexibility index (Phi) is 6.93. The zero-order chi connectivity index (χ0) is 17.5. The number of carbonyl (C=O) groups is 1. The van der Waals surface area contributed by atoms with Crippen LogP contribution in [0.1, 0.15) is 25.3 Å². The minimum absolute atomic E-state index is 0.143. The van der Waals surface area contributed by atoms with E-state index >= 15 is 0 Å². The molecular formula is C17H24F2N2O3. The Morgan fingerprint density at radius 3 is 2.79 bits per heavy atom. The van der Waals surface area contributed by atoms with E-state index < -0.39 is 17.7 Å². The molecule has 24 heavy (non-hydrogen) atoms. The van der Waals surface area contributed by atoms with Crippen LogP contribution in [0.3, 0.4) is 0 Å². The number of nitrogens with one attached hydrogen (secondary N) is 1. The third-order valence-corrected chi connectivity index (χ3v) is 3.94. The smallest absolute Gasteiger partial charge is 0.317 e. The highest BCUT2D eigenvalue weighted by atomic mass is 19.1. The Morgan fingerprint density at radius 2 is 2.12 bits per heavy atom. The van der Waals surface area contributed by atoms with Crippen molar-refractivity contribution in [2.45, 2.75) is 38.3 Å². The molecule has 1 aromatic carbocycles. The van der Waals surface area contributed by atoms with E-state index in [4.69, 9.17) is 4.74 Å². The van der Waals surface area contributed by atoms with Gasteiger partial charge in [0.2, 0.25) is 0 Å². The molecule has 0 unspecified atom stereocenters. The van der Waals surface area contributed by atoms with Gasteiger partial charge in [-0.1, -0.05) is 0 Å². The van der Waals surface area contributed by atoms with Gasteiger partial charge < -0.3 is 20.1 Å². The fraction of sp³-hybridized carbons (Fsp3) is 0.588. The number of aliphatic hydroxyl groups is 1. The Hall–Kier alpha value is -1.73. The van der Waals surface area contributed by atoms with Crippen LogP contribution < -0.4 is 5.32 Å². The van der Waals surface area contributed by atoms with Crippen LogP contribution in [0, 0.1) is 11.6 Å². The van der Waals surface area contributed by atoms with E-state index in [2.05, 4.69) is 5.32 Å². The van der Waals surface area contributed by atoms with E-state index in [9.17, 15) is 18.7 Å². The summed E-state index contributed by atoms with van der Waals surface area (Å²) in [6.07, 6.45) is 1.03. The Bertz CT molecular complexity index is 534. The SMILES string of the molecule is C[C@@H](O)C[C@H]1COCCN1C(=O)NCCCc1cc(F)cc(F)c1. The van der Waals surface area contributed by atoms with Crippen molar-refractivity contribution in [3.05, 3.63) is 35.4 Å². The van der Waals surface area contributed by atoms with E-state index in [1.807, 2.05) is 0 Å². The molecule has 0 saturated carbocycles. The molecule has 134 valence electrons. The van der Waals surface area contributed by atoms with E-state index in [0.29, 0.717) is 51.1 Å². The van der Waals surface area contributed by atoms with E-state index in [1.165, 1.54) is 12.1 Å². The van der Waals surface area contributed by atoms with Crippen LogP contribution in [0.5, 0.6) is 0 Å². The van der Waals surface area contributed by atoms with Crippen LogP contribution in [0.25, 0.3) is 0 Å². The highest BCUT2D eigenvalue weighted by Crippen LogP contribution is 2.13. The van der Waals surface area contributed by atoms with Gasteiger partial charge in [0.15, 0.2) is 0 Å². The molecule has 2 rings (SSSR count). The summed E-state index contributed by atoms with van der Waals surface area (Å²) in [5.41, 5.74) is 0.570. The van der Waals surface area contributed by atoms with Crippen LogP contribution in [0.15, 0.2) is 18.2 Å². The summed E-state index contributed by atoms with van der Waals surface area (Å²) in [7, 11) is 0. The highest BCUT2D eigenvalue weighted by molar-refractivity contribution is 5.74. The zero-order valence-electron chi connectivity index (χ0n) is 13.8.